The first-order valence-corrected chi connectivity index (χ1v) is 9.62. The van der Waals surface area contributed by atoms with Crippen LogP contribution in [0.15, 0.2) is 24.3 Å². The molecule has 2 atom stereocenters. The molecule has 1 amide bonds. The summed E-state index contributed by atoms with van der Waals surface area (Å²) in [7, 11) is 2.13. The van der Waals surface area contributed by atoms with Gasteiger partial charge in [-0.2, -0.15) is 0 Å². The molecule has 0 radical (unpaired) electrons. The average molecular weight is 347 g/mol. The van der Waals surface area contributed by atoms with Gasteiger partial charge in [-0.15, -0.1) is 0 Å². The van der Waals surface area contributed by atoms with Gasteiger partial charge in [0.25, 0.3) is 0 Å². The molecule has 25 heavy (non-hydrogen) atoms. The fourth-order valence-corrected chi connectivity index (χ4v) is 3.30. The van der Waals surface area contributed by atoms with Crippen molar-refractivity contribution in [2.45, 2.75) is 52.1 Å². The van der Waals surface area contributed by atoms with Gasteiger partial charge in [0.15, 0.2) is 0 Å². The smallest absolute Gasteiger partial charge is 0.227 e. The third-order valence-electron chi connectivity index (χ3n) is 4.86. The van der Waals surface area contributed by atoms with Gasteiger partial charge in [-0.25, -0.2) is 0 Å². The second kappa shape index (κ2) is 9.93. The molecule has 0 spiro atoms. The molecule has 0 aliphatic carbocycles. The summed E-state index contributed by atoms with van der Waals surface area (Å²) in [4.78, 5) is 14.7. The van der Waals surface area contributed by atoms with E-state index in [4.69, 9.17) is 4.74 Å². The van der Waals surface area contributed by atoms with E-state index in [1.54, 1.807) is 0 Å². The van der Waals surface area contributed by atoms with Crippen LogP contribution in [-0.4, -0.2) is 50.2 Å². The highest BCUT2D eigenvalue weighted by Gasteiger charge is 2.18. The van der Waals surface area contributed by atoms with E-state index in [0.717, 1.165) is 51.1 Å². The molecule has 140 valence electrons. The lowest BCUT2D eigenvalue weighted by Crippen LogP contribution is -2.40. The van der Waals surface area contributed by atoms with Gasteiger partial charge in [0.1, 0.15) is 0 Å². The molecule has 1 aromatic rings. The highest BCUT2D eigenvalue weighted by Crippen LogP contribution is 2.18. The number of rotatable bonds is 8. The molecule has 1 aliphatic rings. The predicted octanol–water partition coefficient (Wildman–Crippen LogP) is 3.22. The third-order valence-corrected chi connectivity index (χ3v) is 4.86. The van der Waals surface area contributed by atoms with Crippen LogP contribution in [0.2, 0.25) is 0 Å². The fraction of sp³-hybridized carbons (Fsp3) is 0.667. The van der Waals surface area contributed by atoms with Crippen molar-refractivity contribution in [3.05, 3.63) is 35.4 Å². The Kier molecular flexibility index (Phi) is 7.91. The Morgan fingerprint density at radius 2 is 2.00 bits per heavy atom. The van der Waals surface area contributed by atoms with E-state index in [9.17, 15) is 4.79 Å². The van der Waals surface area contributed by atoms with Crippen LogP contribution in [0.25, 0.3) is 0 Å². The number of nitrogens with zero attached hydrogens (tertiary/aromatic N) is 1. The first-order valence-electron chi connectivity index (χ1n) is 9.62. The Hall–Kier alpha value is -1.39. The molecule has 0 aromatic heterocycles. The monoisotopic (exact) mass is 346 g/mol. The molecule has 1 fully saturated rings. The van der Waals surface area contributed by atoms with Crippen LogP contribution < -0.4 is 5.32 Å². The van der Waals surface area contributed by atoms with Crippen LogP contribution in [0.5, 0.6) is 0 Å². The van der Waals surface area contributed by atoms with Crippen LogP contribution in [-0.2, 0) is 16.0 Å². The van der Waals surface area contributed by atoms with Gasteiger partial charge in [-0.3, -0.25) is 4.79 Å². The van der Waals surface area contributed by atoms with Gasteiger partial charge in [0.05, 0.1) is 18.6 Å². The average Bonchev–Trinajstić information content (AvgIpc) is 2.58. The van der Waals surface area contributed by atoms with Gasteiger partial charge in [-0.05, 0) is 50.3 Å². The number of likely N-dealkylation sites (N-methyl/N-ethyl adjacent to an activating group) is 1. The Balaban J connectivity index is 1.70. The maximum Gasteiger partial charge on any atom is 0.227 e. The summed E-state index contributed by atoms with van der Waals surface area (Å²) in [5.41, 5.74) is 2.42. The first kappa shape index (κ1) is 19.9. The number of hydrogen-bond donors (Lipinski definition) is 1. The number of ether oxygens (including phenoxy) is 1. The summed E-state index contributed by atoms with van der Waals surface area (Å²) in [6.07, 6.45) is 3.36. The molecule has 1 saturated heterocycles. The number of carbonyl (C=O) groups is 1. The molecule has 0 saturated carbocycles. The zero-order valence-corrected chi connectivity index (χ0v) is 16.3. The van der Waals surface area contributed by atoms with Crippen molar-refractivity contribution in [2.24, 2.45) is 5.92 Å². The molecule has 2 unspecified atom stereocenters. The molecule has 1 N–H and O–H groups in total. The lowest BCUT2D eigenvalue weighted by atomic mass is 9.96. The van der Waals surface area contributed by atoms with Gasteiger partial charge in [-0.1, -0.05) is 38.1 Å². The highest BCUT2D eigenvalue weighted by atomic mass is 16.5. The van der Waals surface area contributed by atoms with Gasteiger partial charge in [0, 0.05) is 19.6 Å². The Morgan fingerprint density at radius 1 is 1.28 bits per heavy atom. The molecule has 4 heteroatoms. The topological polar surface area (TPSA) is 41.6 Å². The minimum atomic E-state index is -0.106. The zero-order chi connectivity index (χ0) is 18.2. The maximum atomic E-state index is 12.4. The van der Waals surface area contributed by atoms with E-state index in [1.807, 2.05) is 6.92 Å². The van der Waals surface area contributed by atoms with E-state index >= 15 is 0 Å². The van der Waals surface area contributed by atoms with E-state index in [1.165, 1.54) is 5.56 Å². The predicted molar refractivity (Wildman–Crippen MR) is 103 cm³/mol. The standard InChI is InChI=1S/C21H34N2O2/c1-16(2)14-18-7-9-19(10-8-18)17(3)21(24)22-11-5-6-20-15-23(4)12-13-25-20/h7-10,16-17,20H,5-6,11-15H2,1-4H3,(H,22,24). The lowest BCUT2D eigenvalue weighted by Gasteiger charge is -2.30. The first-order chi connectivity index (χ1) is 12.0. The number of hydrogen-bond acceptors (Lipinski definition) is 3. The Labute approximate surface area is 152 Å². The zero-order valence-electron chi connectivity index (χ0n) is 16.3. The van der Waals surface area contributed by atoms with Crippen molar-refractivity contribution < 1.29 is 9.53 Å². The van der Waals surface area contributed by atoms with Crippen molar-refractivity contribution >= 4 is 5.91 Å². The van der Waals surface area contributed by atoms with Crippen LogP contribution in [0.4, 0.5) is 0 Å². The van der Waals surface area contributed by atoms with Crippen molar-refractivity contribution in [1.82, 2.24) is 10.2 Å². The minimum Gasteiger partial charge on any atom is -0.376 e. The number of nitrogens with one attached hydrogen (secondary N) is 1. The van der Waals surface area contributed by atoms with E-state index in [0.29, 0.717) is 12.0 Å². The number of benzene rings is 1. The summed E-state index contributed by atoms with van der Waals surface area (Å²) in [5.74, 6) is 0.656. The molecule has 1 aromatic carbocycles. The summed E-state index contributed by atoms with van der Waals surface area (Å²) in [6.45, 7) is 9.97. The molecule has 1 aliphatic heterocycles. The maximum absolute atomic E-state index is 12.4. The van der Waals surface area contributed by atoms with Crippen LogP contribution in [0.3, 0.4) is 0 Å². The van der Waals surface area contributed by atoms with Crippen molar-refractivity contribution in [3.8, 4) is 0 Å². The Bertz CT molecular complexity index is 527. The van der Waals surface area contributed by atoms with Crippen molar-refractivity contribution in [3.63, 3.8) is 0 Å². The third kappa shape index (κ3) is 6.79. The van der Waals surface area contributed by atoms with E-state index in [-0.39, 0.29) is 11.8 Å². The molecule has 0 bridgehead atoms. The van der Waals surface area contributed by atoms with E-state index < -0.39 is 0 Å². The van der Waals surface area contributed by atoms with Crippen molar-refractivity contribution in [2.75, 3.05) is 33.3 Å². The summed E-state index contributed by atoms with van der Waals surface area (Å²) in [6, 6.07) is 8.48. The summed E-state index contributed by atoms with van der Waals surface area (Å²) in [5, 5.41) is 3.07. The summed E-state index contributed by atoms with van der Waals surface area (Å²) >= 11 is 0. The second-order valence-electron chi connectivity index (χ2n) is 7.75. The van der Waals surface area contributed by atoms with Crippen LogP contribution in [0.1, 0.15) is 50.7 Å². The van der Waals surface area contributed by atoms with Gasteiger partial charge >= 0.3 is 0 Å². The number of carbonyl (C=O) groups excluding carboxylic acids is 1. The van der Waals surface area contributed by atoms with Gasteiger partial charge in [0.2, 0.25) is 5.91 Å². The number of amides is 1. The van der Waals surface area contributed by atoms with E-state index in [2.05, 4.69) is 55.4 Å². The Morgan fingerprint density at radius 3 is 2.64 bits per heavy atom. The fourth-order valence-electron chi connectivity index (χ4n) is 3.30. The molecular formula is C21H34N2O2. The van der Waals surface area contributed by atoms with Crippen molar-refractivity contribution in [1.29, 1.82) is 0 Å². The molecular weight excluding hydrogens is 312 g/mol. The van der Waals surface area contributed by atoms with Crippen LogP contribution >= 0.6 is 0 Å². The van der Waals surface area contributed by atoms with Gasteiger partial charge < -0.3 is 15.0 Å². The normalized spacial score (nSPS) is 19.8. The largest absolute Gasteiger partial charge is 0.376 e. The quantitative estimate of drug-likeness (QED) is 0.735. The SMILES string of the molecule is CC(C)Cc1ccc(C(C)C(=O)NCCCC2CN(C)CCO2)cc1. The lowest BCUT2D eigenvalue weighted by molar-refractivity contribution is -0.122. The van der Waals surface area contributed by atoms with Crippen LogP contribution in [0, 0.1) is 5.92 Å². The molecule has 4 nitrogen and oxygen atoms in total. The highest BCUT2D eigenvalue weighted by molar-refractivity contribution is 5.83. The number of morpholine rings is 1. The minimum absolute atomic E-state index is 0.106. The summed E-state index contributed by atoms with van der Waals surface area (Å²) < 4.78 is 5.76. The molecule has 1 heterocycles. The second-order valence-corrected chi connectivity index (χ2v) is 7.75. The molecule has 2 rings (SSSR count).